The molecule has 0 spiro atoms. The zero-order chi connectivity index (χ0) is 14.5. The van der Waals surface area contributed by atoms with Crippen LogP contribution in [-0.2, 0) is 0 Å². The van der Waals surface area contributed by atoms with Gasteiger partial charge < -0.3 is 10.5 Å². The number of hydrogen-bond donors (Lipinski definition) is 1. The second-order valence-corrected chi connectivity index (χ2v) is 4.16. The minimum atomic E-state index is 0.128. The Morgan fingerprint density at radius 3 is 2.62 bits per heavy atom. The van der Waals surface area contributed by atoms with E-state index in [1.807, 2.05) is 54.6 Å². The molecule has 0 unspecified atom stereocenters. The van der Waals surface area contributed by atoms with Crippen LogP contribution in [0.1, 0.15) is 5.56 Å². The Hall–Kier alpha value is -3.22. The van der Waals surface area contributed by atoms with Crippen molar-refractivity contribution in [2.24, 2.45) is 5.10 Å². The van der Waals surface area contributed by atoms with E-state index in [9.17, 15) is 0 Å². The molecule has 1 aromatic heterocycles. The zero-order valence-electron chi connectivity index (χ0n) is 11.0. The van der Waals surface area contributed by atoms with Gasteiger partial charge >= 0.3 is 0 Å². The van der Waals surface area contributed by atoms with Crippen molar-refractivity contribution in [3.05, 3.63) is 60.2 Å². The first kappa shape index (κ1) is 12.8. The Bertz CT molecular complexity index is 753. The number of nitrogens with two attached hydrogens (primary N) is 1. The fraction of sp³-hybridized carbons (Fsp3) is 0. The lowest BCUT2D eigenvalue weighted by atomic mass is 10.2. The average Bonchev–Trinajstić information content (AvgIpc) is 2.92. The number of nitrogens with zero attached hydrogens (tertiary/aromatic N) is 5. The monoisotopic (exact) mass is 280 g/mol. The lowest BCUT2D eigenvalue weighted by molar-refractivity contribution is 0.482. The van der Waals surface area contributed by atoms with Crippen molar-refractivity contribution in [1.29, 1.82) is 0 Å². The van der Waals surface area contributed by atoms with Crippen LogP contribution in [-0.4, -0.2) is 26.5 Å². The van der Waals surface area contributed by atoms with Gasteiger partial charge in [-0.1, -0.05) is 40.2 Å². The molecule has 0 aliphatic rings. The number of rotatable bonds is 4. The highest BCUT2D eigenvalue weighted by molar-refractivity contribution is 5.80. The van der Waals surface area contributed by atoms with Crippen LogP contribution in [0.3, 0.4) is 0 Å². The second kappa shape index (κ2) is 5.83. The molecular formula is C14H12N6O. The van der Waals surface area contributed by atoms with Crippen LogP contribution >= 0.6 is 0 Å². The van der Waals surface area contributed by atoms with Crippen molar-refractivity contribution in [2.45, 2.75) is 0 Å². The van der Waals surface area contributed by atoms with Crippen LogP contribution in [0.2, 0.25) is 0 Å². The molecular weight excluding hydrogens is 268 g/mol. The van der Waals surface area contributed by atoms with Crippen LogP contribution in [0.15, 0.2) is 59.7 Å². The molecule has 3 aromatic rings. The van der Waals surface area contributed by atoms with Gasteiger partial charge in [0.05, 0.1) is 6.21 Å². The minimum Gasteiger partial charge on any atom is -0.457 e. The molecule has 0 atom stereocenters. The summed E-state index contributed by atoms with van der Waals surface area (Å²) in [6.07, 6.45) is 1.60. The van der Waals surface area contributed by atoms with Gasteiger partial charge in [0.25, 0.3) is 5.95 Å². The Labute approximate surface area is 120 Å². The summed E-state index contributed by atoms with van der Waals surface area (Å²) in [5.74, 6) is 1.62. The van der Waals surface area contributed by atoms with Crippen molar-refractivity contribution >= 4 is 12.2 Å². The van der Waals surface area contributed by atoms with Gasteiger partial charge in [-0.25, -0.2) is 0 Å². The van der Waals surface area contributed by atoms with Gasteiger partial charge in [0.15, 0.2) is 0 Å². The Morgan fingerprint density at radius 2 is 1.86 bits per heavy atom. The van der Waals surface area contributed by atoms with Gasteiger partial charge in [0.2, 0.25) is 0 Å². The number of ether oxygens (including phenoxy) is 1. The van der Waals surface area contributed by atoms with Crippen LogP contribution in [0.5, 0.6) is 11.5 Å². The largest absolute Gasteiger partial charge is 0.457 e. The maximum Gasteiger partial charge on any atom is 0.263 e. The van der Waals surface area contributed by atoms with E-state index in [0.29, 0.717) is 0 Å². The Balaban J connectivity index is 1.77. The van der Waals surface area contributed by atoms with Crippen molar-refractivity contribution in [3.63, 3.8) is 0 Å². The van der Waals surface area contributed by atoms with Crippen LogP contribution in [0.25, 0.3) is 0 Å². The van der Waals surface area contributed by atoms with E-state index in [1.165, 1.54) is 0 Å². The predicted molar refractivity (Wildman–Crippen MR) is 78.2 cm³/mol. The smallest absolute Gasteiger partial charge is 0.263 e. The summed E-state index contributed by atoms with van der Waals surface area (Å²) < 4.78 is 5.75. The number of tetrazole rings is 1. The third-order valence-corrected chi connectivity index (χ3v) is 2.63. The lowest BCUT2D eigenvalue weighted by Crippen LogP contribution is -1.99. The number of para-hydroxylation sites is 1. The molecule has 0 bridgehead atoms. The third kappa shape index (κ3) is 3.21. The maximum absolute atomic E-state index is 5.75. The summed E-state index contributed by atoms with van der Waals surface area (Å²) in [6, 6.07) is 17.1. The second-order valence-electron chi connectivity index (χ2n) is 4.16. The van der Waals surface area contributed by atoms with Gasteiger partial charge in [-0.2, -0.15) is 5.10 Å². The molecule has 104 valence electrons. The molecule has 0 saturated heterocycles. The fourth-order valence-electron chi connectivity index (χ4n) is 1.68. The quantitative estimate of drug-likeness (QED) is 0.737. The minimum absolute atomic E-state index is 0.128. The fourth-order valence-corrected chi connectivity index (χ4v) is 1.68. The number of aromatic nitrogens is 4. The van der Waals surface area contributed by atoms with E-state index in [1.54, 1.807) is 6.21 Å². The highest BCUT2D eigenvalue weighted by atomic mass is 16.5. The van der Waals surface area contributed by atoms with E-state index in [0.717, 1.165) is 21.9 Å². The first-order valence-corrected chi connectivity index (χ1v) is 6.22. The third-order valence-electron chi connectivity index (χ3n) is 2.63. The number of anilines is 1. The first-order chi connectivity index (χ1) is 10.3. The maximum atomic E-state index is 5.75. The molecule has 0 saturated carbocycles. The molecule has 3 rings (SSSR count). The summed E-state index contributed by atoms with van der Waals surface area (Å²) in [5.41, 5.74) is 6.37. The van der Waals surface area contributed by atoms with E-state index in [4.69, 9.17) is 10.5 Å². The van der Waals surface area contributed by atoms with E-state index in [2.05, 4.69) is 20.6 Å². The van der Waals surface area contributed by atoms with Crippen molar-refractivity contribution in [3.8, 4) is 11.5 Å². The van der Waals surface area contributed by atoms with Gasteiger partial charge in [-0.05, 0) is 40.3 Å². The SMILES string of the molecule is Nc1nnnn1/N=C/c1cccc(Oc2ccccc2)c1. The Morgan fingerprint density at radius 1 is 1.05 bits per heavy atom. The molecule has 0 amide bonds. The molecule has 7 heteroatoms. The van der Waals surface area contributed by atoms with Gasteiger partial charge in [0, 0.05) is 0 Å². The molecule has 1 heterocycles. The predicted octanol–water partition coefficient (Wildman–Crippen LogP) is 1.93. The standard InChI is InChI=1S/C14H12N6O/c15-14-17-18-19-20(14)16-10-11-5-4-8-13(9-11)21-12-6-2-1-3-7-12/h1-10H,(H2,15,17,19)/b16-10+. The molecule has 2 N–H and O–H groups in total. The first-order valence-electron chi connectivity index (χ1n) is 6.22. The summed E-state index contributed by atoms with van der Waals surface area (Å²) in [6.45, 7) is 0. The van der Waals surface area contributed by atoms with Gasteiger partial charge in [-0.3, -0.25) is 0 Å². The molecule has 21 heavy (non-hydrogen) atoms. The molecule has 2 aromatic carbocycles. The number of hydrogen-bond acceptors (Lipinski definition) is 6. The van der Waals surface area contributed by atoms with Gasteiger partial charge in [0.1, 0.15) is 11.5 Å². The van der Waals surface area contributed by atoms with E-state index < -0.39 is 0 Å². The summed E-state index contributed by atoms with van der Waals surface area (Å²) in [4.78, 5) is 1.14. The summed E-state index contributed by atoms with van der Waals surface area (Å²) >= 11 is 0. The van der Waals surface area contributed by atoms with Crippen LogP contribution in [0.4, 0.5) is 5.95 Å². The zero-order valence-corrected chi connectivity index (χ0v) is 11.0. The normalized spacial score (nSPS) is 10.9. The topological polar surface area (TPSA) is 91.2 Å². The Kier molecular flexibility index (Phi) is 3.55. The van der Waals surface area contributed by atoms with Crippen LogP contribution in [0, 0.1) is 0 Å². The van der Waals surface area contributed by atoms with E-state index >= 15 is 0 Å². The molecule has 7 nitrogen and oxygen atoms in total. The average molecular weight is 280 g/mol. The van der Waals surface area contributed by atoms with Crippen LogP contribution < -0.4 is 10.5 Å². The van der Waals surface area contributed by atoms with Crippen molar-refractivity contribution in [1.82, 2.24) is 20.3 Å². The highest BCUT2D eigenvalue weighted by Crippen LogP contribution is 2.21. The highest BCUT2D eigenvalue weighted by Gasteiger charge is 1.99. The van der Waals surface area contributed by atoms with Crippen molar-refractivity contribution in [2.75, 3.05) is 5.73 Å². The molecule has 0 radical (unpaired) electrons. The number of benzene rings is 2. The summed E-state index contributed by atoms with van der Waals surface area (Å²) in [5, 5.41) is 14.6. The molecule has 0 aliphatic carbocycles. The summed E-state index contributed by atoms with van der Waals surface area (Å²) in [7, 11) is 0. The van der Waals surface area contributed by atoms with Crippen molar-refractivity contribution < 1.29 is 4.74 Å². The van der Waals surface area contributed by atoms with Gasteiger partial charge in [-0.15, -0.1) is 0 Å². The number of nitrogen functional groups attached to an aromatic ring is 1. The molecule has 0 aliphatic heterocycles. The lowest BCUT2D eigenvalue weighted by Gasteiger charge is -2.05. The van der Waals surface area contributed by atoms with E-state index in [-0.39, 0.29) is 5.95 Å². The molecule has 0 fully saturated rings.